The predicted molar refractivity (Wildman–Crippen MR) is 112 cm³/mol. The van der Waals surface area contributed by atoms with E-state index in [-0.39, 0.29) is 19.1 Å². The van der Waals surface area contributed by atoms with Gasteiger partial charge in [0.1, 0.15) is 5.82 Å². The Kier molecular flexibility index (Phi) is 5.98. The Labute approximate surface area is 180 Å². The summed E-state index contributed by atoms with van der Waals surface area (Å²) in [4.78, 5) is 21.9. The van der Waals surface area contributed by atoms with Gasteiger partial charge in [0.05, 0.1) is 41.6 Å². The molecule has 10 heteroatoms. The van der Waals surface area contributed by atoms with Crippen LogP contribution < -0.4 is 9.58 Å². The highest BCUT2D eigenvalue weighted by Crippen LogP contribution is 2.33. The minimum absolute atomic E-state index is 0.0103. The van der Waals surface area contributed by atoms with Crippen molar-refractivity contribution in [2.24, 2.45) is 0 Å². The molecule has 3 aromatic rings. The van der Waals surface area contributed by atoms with Gasteiger partial charge in [-0.1, -0.05) is 11.6 Å². The van der Waals surface area contributed by atoms with Crippen molar-refractivity contribution in [2.75, 3.05) is 24.7 Å². The van der Waals surface area contributed by atoms with Gasteiger partial charge in [0.25, 0.3) is 0 Å². The summed E-state index contributed by atoms with van der Waals surface area (Å²) in [6.45, 7) is 1.56. The molecular formula is C19H20BrClN5O3+. The number of halogens is 2. The van der Waals surface area contributed by atoms with Crippen molar-refractivity contribution in [3.05, 3.63) is 40.3 Å². The first-order chi connectivity index (χ1) is 14.0. The number of carbonyl (C=O) groups is 1. The molecule has 0 aliphatic carbocycles. The van der Waals surface area contributed by atoms with E-state index in [0.717, 1.165) is 46.3 Å². The molecule has 1 aliphatic heterocycles. The lowest BCUT2D eigenvalue weighted by molar-refractivity contribution is -0.655. The Balaban J connectivity index is 1.68. The third kappa shape index (κ3) is 4.36. The van der Waals surface area contributed by atoms with Crippen LogP contribution in [0.5, 0.6) is 0 Å². The van der Waals surface area contributed by atoms with Gasteiger partial charge in [-0.25, -0.2) is 4.98 Å². The Morgan fingerprint density at radius 2 is 2.31 bits per heavy atom. The van der Waals surface area contributed by atoms with Crippen LogP contribution >= 0.6 is 27.5 Å². The van der Waals surface area contributed by atoms with Crippen molar-refractivity contribution >= 4 is 50.2 Å². The Hall–Kier alpha value is -2.23. The van der Waals surface area contributed by atoms with Crippen LogP contribution in [0, 0.1) is 0 Å². The molecule has 152 valence electrons. The standard InChI is InChI=1S/C19H19BrClN5O3/c20-14-7-16-13(6-15(14)21)17(26-11-22-10-23-26)8-18(24-16)25-4-1-2-12(25)9-29-5-3-19(27)28/h6-8,10-12H,1-5,9H2,(H,27,28)/p+1/t12-/m0/s1. The number of H-pyrrole nitrogens is 1. The number of nitrogens with one attached hydrogen (secondary N) is 1. The fraction of sp³-hybridized carbons (Fsp3) is 0.368. The molecule has 0 unspecified atom stereocenters. The summed E-state index contributed by atoms with van der Waals surface area (Å²) in [5, 5.41) is 13.4. The van der Waals surface area contributed by atoms with Crippen LogP contribution in [0.4, 0.5) is 5.82 Å². The minimum atomic E-state index is -0.852. The van der Waals surface area contributed by atoms with Gasteiger partial charge < -0.3 is 14.7 Å². The first-order valence-electron chi connectivity index (χ1n) is 9.29. The summed E-state index contributed by atoms with van der Waals surface area (Å²) >= 11 is 9.81. The second kappa shape index (κ2) is 8.64. The van der Waals surface area contributed by atoms with E-state index < -0.39 is 5.97 Å². The van der Waals surface area contributed by atoms with Gasteiger partial charge in [0.2, 0.25) is 6.33 Å². The van der Waals surface area contributed by atoms with E-state index in [1.807, 2.05) is 22.9 Å². The molecule has 1 aliphatic rings. The van der Waals surface area contributed by atoms with E-state index in [9.17, 15) is 4.79 Å². The molecule has 29 heavy (non-hydrogen) atoms. The number of carboxylic acid groups (broad SMARTS) is 1. The number of pyridine rings is 1. The third-order valence-corrected chi connectivity index (χ3v) is 6.17. The average molecular weight is 482 g/mol. The molecule has 2 N–H and O–H groups in total. The van der Waals surface area contributed by atoms with E-state index in [1.165, 1.54) is 0 Å². The van der Waals surface area contributed by atoms with Crippen molar-refractivity contribution < 1.29 is 19.3 Å². The number of hydrogen-bond acceptors (Lipinski definition) is 5. The molecule has 0 spiro atoms. The molecule has 8 nitrogen and oxygen atoms in total. The van der Waals surface area contributed by atoms with Gasteiger partial charge in [-0.3, -0.25) is 4.79 Å². The molecular weight excluding hydrogens is 462 g/mol. The van der Waals surface area contributed by atoms with E-state index >= 15 is 0 Å². The maximum Gasteiger partial charge on any atom is 0.312 e. The number of aromatic amines is 1. The van der Waals surface area contributed by atoms with Gasteiger partial charge >= 0.3 is 12.3 Å². The van der Waals surface area contributed by atoms with Crippen molar-refractivity contribution in [1.82, 2.24) is 15.1 Å². The normalized spacial score (nSPS) is 16.6. The summed E-state index contributed by atoms with van der Waals surface area (Å²) in [5.74, 6) is -0.0110. The van der Waals surface area contributed by atoms with E-state index in [1.54, 1.807) is 12.7 Å². The van der Waals surface area contributed by atoms with E-state index in [4.69, 9.17) is 26.4 Å². The van der Waals surface area contributed by atoms with Crippen molar-refractivity contribution in [1.29, 1.82) is 0 Å². The highest BCUT2D eigenvalue weighted by atomic mass is 79.9. The van der Waals surface area contributed by atoms with Crippen LogP contribution in [0.15, 0.2) is 35.3 Å². The van der Waals surface area contributed by atoms with Gasteiger partial charge in [-0.2, -0.15) is 5.10 Å². The molecule has 1 saturated heterocycles. The zero-order chi connectivity index (χ0) is 20.4. The first kappa shape index (κ1) is 20.1. The smallest absolute Gasteiger partial charge is 0.312 e. The number of nitrogens with zero attached hydrogens (tertiary/aromatic N) is 4. The van der Waals surface area contributed by atoms with Gasteiger partial charge in [0, 0.05) is 17.1 Å². The summed E-state index contributed by atoms with van der Waals surface area (Å²) in [6, 6.07) is 5.97. The number of aromatic nitrogens is 4. The van der Waals surface area contributed by atoms with Crippen molar-refractivity contribution in [3.63, 3.8) is 0 Å². The number of carboxylic acids is 1. The molecule has 4 rings (SSSR count). The quantitative estimate of drug-likeness (QED) is 0.398. The van der Waals surface area contributed by atoms with Crippen LogP contribution in [0.2, 0.25) is 5.02 Å². The van der Waals surface area contributed by atoms with Crippen LogP contribution in [0.3, 0.4) is 0 Å². The average Bonchev–Trinajstić information content (AvgIpc) is 3.37. The fourth-order valence-electron chi connectivity index (χ4n) is 3.59. The summed E-state index contributed by atoms with van der Waals surface area (Å²) in [6.07, 6.45) is 5.33. The van der Waals surface area contributed by atoms with E-state index in [2.05, 4.69) is 30.9 Å². The number of benzene rings is 1. The highest BCUT2D eigenvalue weighted by Gasteiger charge is 2.28. The molecule has 3 heterocycles. The van der Waals surface area contributed by atoms with Crippen molar-refractivity contribution in [2.45, 2.75) is 25.3 Å². The van der Waals surface area contributed by atoms with Gasteiger partial charge in [-0.05, 0) is 45.9 Å². The van der Waals surface area contributed by atoms with Crippen LogP contribution in [-0.2, 0) is 9.53 Å². The number of anilines is 1. The number of ether oxygens (including phenoxy) is 1. The second-order valence-electron chi connectivity index (χ2n) is 6.88. The monoisotopic (exact) mass is 480 g/mol. The van der Waals surface area contributed by atoms with Crippen LogP contribution in [0.1, 0.15) is 19.3 Å². The lowest BCUT2D eigenvalue weighted by Gasteiger charge is -2.26. The van der Waals surface area contributed by atoms with Gasteiger partial charge in [0.15, 0.2) is 5.69 Å². The number of hydrogen-bond donors (Lipinski definition) is 2. The second-order valence-corrected chi connectivity index (χ2v) is 8.15. The molecule has 0 radical (unpaired) electrons. The Morgan fingerprint density at radius 3 is 3.07 bits per heavy atom. The summed E-state index contributed by atoms with van der Waals surface area (Å²) < 4.78 is 8.22. The molecule has 1 fully saturated rings. The fourth-order valence-corrected chi connectivity index (χ4v) is 4.08. The highest BCUT2D eigenvalue weighted by molar-refractivity contribution is 9.10. The zero-order valence-corrected chi connectivity index (χ0v) is 17.9. The molecule has 0 saturated carbocycles. The largest absolute Gasteiger partial charge is 0.481 e. The SMILES string of the molecule is O=C(O)CCOC[C@@H]1CCCN1c1cc(-[n+]2cnc[nH]2)c2cc(Cl)c(Br)cc2n1. The molecule has 0 amide bonds. The van der Waals surface area contributed by atoms with Crippen LogP contribution in [0.25, 0.3) is 16.6 Å². The first-order valence-corrected chi connectivity index (χ1v) is 10.5. The topological polar surface area (TPSA) is 95.2 Å². The van der Waals surface area contributed by atoms with E-state index in [0.29, 0.717) is 11.6 Å². The number of fused-ring (bicyclic) bond motifs is 1. The number of aliphatic carboxylic acids is 1. The Morgan fingerprint density at radius 1 is 1.45 bits per heavy atom. The molecule has 1 atom stereocenters. The lowest BCUT2D eigenvalue weighted by atomic mass is 10.1. The molecule has 2 aromatic heterocycles. The summed E-state index contributed by atoms with van der Waals surface area (Å²) in [7, 11) is 0. The number of rotatable bonds is 7. The molecule has 1 aromatic carbocycles. The van der Waals surface area contributed by atoms with Crippen LogP contribution in [-0.4, -0.2) is 51.9 Å². The molecule has 0 bridgehead atoms. The maximum absolute atomic E-state index is 10.7. The van der Waals surface area contributed by atoms with Crippen molar-refractivity contribution in [3.8, 4) is 5.69 Å². The zero-order valence-electron chi connectivity index (χ0n) is 15.5. The minimum Gasteiger partial charge on any atom is -0.481 e. The maximum atomic E-state index is 10.7. The Bertz CT molecular complexity index is 1030. The third-order valence-electron chi connectivity index (χ3n) is 4.97. The summed E-state index contributed by atoms with van der Waals surface area (Å²) in [5.41, 5.74) is 1.71. The van der Waals surface area contributed by atoms with Gasteiger partial charge in [-0.15, -0.1) is 4.68 Å². The predicted octanol–water partition coefficient (Wildman–Crippen LogP) is 3.11. The lowest BCUT2D eigenvalue weighted by Crippen LogP contribution is -2.36.